The largest absolute Gasteiger partial charge is 0.461 e. The van der Waals surface area contributed by atoms with Crippen molar-refractivity contribution in [2.24, 2.45) is 11.3 Å². The van der Waals surface area contributed by atoms with Crippen molar-refractivity contribution in [3.05, 3.63) is 35.9 Å². The van der Waals surface area contributed by atoms with E-state index in [4.69, 9.17) is 12.6 Å². The van der Waals surface area contributed by atoms with Gasteiger partial charge in [0.05, 0.1) is 5.92 Å². The summed E-state index contributed by atoms with van der Waals surface area (Å²) in [6.45, 7) is 4.47. The molecule has 1 saturated carbocycles. The number of aliphatic hydroxyl groups is 1. The van der Waals surface area contributed by atoms with Gasteiger partial charge < -0.3 is 9.84 Å². The van der Waals surface area contributed by atoms with Crippen molar-refractivity contribution in [2.75, 3.05) is 0 Å². The van der Waals surface area contributed by atoms with Crippen LogP contribution in [0.2, 0.25) is 0 Å². The second kappa shape index (κ2) is 6.23. The molecular formula is C17H23BO3. The van der Waals surface area contributed by atoms with Crippen molar-refractivity contribution in [1.29, 1.82) is 0 Å². The minimum Gasteiger partial charge on any atom is -0.461 e. The maximum atomic E-state index is 12.3. The van der Waals surface area contributed by atoms with Crippen molar-refractivity contribution in [3.8, 4) is 0 Å². The highest BCUT2D eigenvalue weighted by Crippen LogP contribution is 2.40. The van der Waals surface area contributed by atoms with Crippen LogP contribution >= 0.6 is 0 Å². The van der Waals surface area contributed by atoms with Crippen LogP contribution in [-0.2, 0) is 16.1 Å². The van der Waals surface area contributed by atoms with Gasteiger partial charge in [-0.2, -0.15) is 0 Å². The summed E-state index contributed by atoms with van der Waals surface area (Å²) in [5, 5.41) is 10.2. The zero-order valence-electron chi connectivity index (χ0n) is 12.8. The van der Waals surface area contributed by atoms with Gasteiger partial charge in [0.15, 0.2) is 0 Å². The molecule has 1 aliphatic carbocycles. The fourth-order valence-corrected chi connectivity index (χ4v) is 2.94. The van der Waals surface area contributed by atoms with Crippen LogP contribution in [0.4, 0.5) is 0 Å². The topological polar surface area (TPSA) is 46.5 Å². The fourth-order valence-electron chi connectivity index (χ4n) is 2.94. The van der Waals surface area contributed by atoms with Crippen LogP contribution in [-0.4, -0.2) is 24.4 Å². The van der Waals surface area contributed by atoms with E-state index in [2.05, 4.69) is 13.8 Å². The van der Waals surface area contributed by atoms with Crippen molar-refractivity contribution >= 4 is 13.8 Å². The number of hydrogen-bond donors (Lipinski definition) is 1. The Morgan fingerprint density at radius 2 is 1.95 bits per heavy atom. The minimum atomic E-state index is -1.27. The fraction of sp³-hybridized carbons (Fsp3) is 0.588. The summed E-state index contributed by atoms with van der Waals surface area (Å²) in [7, 11) is 5.88. The van der Waals surface area contributed by atoms with Gasteiger partial charge in [-0.1, -0.05) is 44.2 Å². The summed E-state index contributed by atoms with van der Waals surface area (Å²) in [6, 6.07) is 9.59. The second-order valence-corrected chi connectivity index (χ2v) is 6.97. The number of esters is 1. The Bertz CT molecular complexity index is 464. The maximum absolute atomic E-state index is 12.3. The first-order valence-electron chi connectivity index (χ1n) is 7.49. The Balaban J connectivity index is 1.99. The van der Waals surface area contributed by atoms with Crippen molar-refractivity contribution in [1.82, 2.24) is 0 Å². The SMILES string of the molecule is [B]C1(O)CCC(C)(C)CC(C(=O)OCc2ccccc2)C1. The minimum absolute atomic E-state index is 0.0136. The lowest BCUT2D eigenvalue weighted by molar-refractivity contribution is -0.152. The average molecular weight is 286 g/mol. The van der Waals surface area contributed by atoms with Crippen LogP contribution in [0, 0.1) is 11.3 Å². The summed E-state index contributed by atoms with van der Waals surface area (Å²) >= 11 is 0. The third kappa shape index (κ3) is 4.89. The van der Waals surface area contributed by atoms with Gasteiger partial charge in [-0.05, 0) is 36.7 Å². The molecule has 0 saturated heterocycles. The molecule has 0 bridgehead atoms. The molecular weight excluding hydrogens is 263 g/mol. The Kier molecular flexibility index (Phi) is 4.77. The van der Waals surface area contributed by atoms with Crippen LogP contribution in [0.1, 0.15) is 45.1 Å². The molecule has 1 fully saturated rings. The molecule has 1 aromatic rings. The highest BCUT2D eigenvalue weighted by Gasteiger charge is 2.38. The third-order valence-corrected chi connectivity index (χ3v) is 4.19. The maximum Gasteiger partial charge on any atom is 0.309 e. The van der Waals surface area contributed by atoms with E-state index in [0.717, 1.165) is 12.0 Å². The van der Waals surface area contributed by atoms with E-state index in [1.807, 2.05) is 30.3 Å². The first-order chi connectivity index (χ1) is 9.77. The van der Waals surface area contributed by atoms with Gasteiger partial charge in [-0.25, -0.2) is 0 Å². The summed E-state index contributed by atoms with van der Waals surface area (Å²) in [4.78, 5) is 12.3. The Hall–Kier alpha value is -1.29. The van der Waals surface area contributed by atoms with Gasteiger partial charge in [0, 0.05) is 5.50 Å². The number of carbonyl (C=O) groups excluding carboxylic acids is 1. The van der Waals surface area contributed by atoms with E-state index in [1.54, 1.807) is 0 Å². The molecule has 2 unspecified atom stereocenters. The monoisotopic (exact) mass is 286 g/mol. The highest BCUT2D eigenvalue weighted by atomic mass is 16.5. The quantitative estimate of drug-likeness (QED) is 0.528. The van der Waals surface area contributed by atoms with E-state index in [9.17, 15) is 9.90 Å². The highest BCUT2D eigenvalue weighted by molar-refractivity contribution is 6.14. The number of ether oxygens (including phenoxy) is 1. The molecule has 3 nitrogen and oxygen atoms in total. The molecule has 0 spiro atoms. The first kappa shape index (κ1) is 16.1. The van der Waals surface area contributed by atoms with E-state index >= 15 is 0 Å². The summed E-state index contributed by atoms with van der Waals surface area (Å²) in [6.07, 6.45) is 2.29. The molecule has 1 aliphatic rings. The molecule has 2 atom stereocenters. The van der Waals surface area contributed by atoms with E-state index in [-0.39, 0.29) is 30.3 Å². The van der Waals surface area contributed by atoms with Crippen molar-refractivity contribution in [2.45, 2.75) is 51.6 Å². The summed E-state index contributed by atoms with van der Waals surface area (Å²) in [5.74, 6) is -0.612. The van der Waals surface area contributed by atoms with Gasteiger partial charge >= 0.3 is 5.97 Å². The molecule has 1 N–H and O–H groups in total. The molecule has 0 amide bonds. The average Bonchev–Trinajstić information content (AvgIpc) is 2.53. The molecule has 0 heterocycles. The Morgan fingerprint density at radius 3 is 2.62 bits per heavy atom. The normalized spacial score (nSPS) is 28.6. The van der Waals surface area contributed by atoms with Crippen LogP contribution < -0.4 is 0 Å². The van der Waals surface area contributed by atoms with Crippen LogP contribution in [0.15, 0.2) is 30.3 Å². The molecule has 21 heavy (non-hydrogen) atoms. The van der Waals surface area contributed by atoms with E-state index in [0.29, 0.717) is 12.8 Å². The second-order valence-electron chi connectivity index (χ2n) is 6.97. The number of hydrogen-bond acceptors (Lipinski definition) is 3. The number of benzene rings is 1. The number of rotatable bonds is 3. The molecule has 4 heteroatoms. The van der Waals surface area contributed by atoms with Gasteiger partial charge in [0.2, 0.25) is 0 Å². The first-order valence-corrected chi connectivity index (χ1v) is 7.49. The Morgan fingerprint density at radius 1 is 1.29 bits per heavy atom. The van der Waals surface area contributed by atoms with Gasteiger partial charge in [0.25, 0.3) is 0 Å². The Labute approximate surface area is 128 Å². The summed E-state index contributed by atoms with van der Waals surface area (Å²) in [5.41, 5.74) is -0.327. The van der Waals surface area contributed by atoms with Gasteiger partial charge in [-0.3, -0.25) is 4.79 Å². The molecule has 0 aliphatic heterocycles. The number of carbonyl (C=O) groups is 1. The van der Waals surface area contributed by atoms with E-state index in [1.165, 1.54) is 0 Å². The molecule has 2 rings (SSSR count). The summed E-state index contributed by atoms with van der Waals surface area (Å²) < 4.78 is 5.40. The van der Waals surface area contributed by atoms with Gasteiger partial charge in [0.1, 0.15) is 14.5 Å². The molecule has 1 aromatic carbocycles. The molecule has 2 radical (unpaired) electrons. The molecule has 112 valence electrons. The molecule has 0 aromatic heterocycles. The smallest absolute Gasteiger partial charge is 0.309 e. The predicted molar refractivity (Wildman–Crippen MR) is 82.7 cm³/mol. The predicted octanol–water partition coefficient (Wildman–Crippen LogP) is 2.80. The lowest BCUT2D eigenvalue weighted by atomic mass is 9.73. The standard InChI is InChI=1S/C17H23BO3/c1-16(2)8-9-17(18,20)11-14(10-16)15(19)21-12-13-6-4-3-5-7-13/h3-7,14,20H,8-12H2,1-2H3. The van der Waals surface area contributed by atoms with Crippen molar-refractivity contribution in [3.63, 3.8) is 0 Å². The van der Waals surface area contributed by atoms with Crippen molar-refractivity contribution < 1.29 is 14.6 Å². The van der Waals surface area contributed by atoms with E-state index < -0.39 is 5.50 Å². The van der Waals surface area contributed by atoms with Crippen LogP contribution in [0.5, 0.6) is 0 Å². The third-order valence-electron chi connectivity index (χ3n) is 4.19. The lowest BCUT2D eigenvalue weighted by Gasteiger charge is -2.25. The van der Waals surface area contributed by atoms with Gasteiger partial charge in [-0.15, -0.1) is 0 Å². The zero-order chi connectivity index (χ0) is 15.5. The van der Waals surface area contributed by atoms with Crippen LogP contribution in [0.25, 0.3) is 0 Å². The zero-order valence-corrected chi connectivity index (χ0v) is 12.8. The van der Waals surface area contributed by atoms with Crippen LogP contribution in [0.3, 0.4) is 0 Å². The lowest BCUT2D eigenvalue weighted by Crippen LogP contribution is -2.33.